The summed E-state index contributed by atoms with van der Waals surface area (Å²) in [5.74, 6) is 2.10. The lowest BCUT2D eigenvalue weighted by atomic mass is 10.3. The van der Waals surface area contributed by atoms with Gasteiger partial charge in [0.25, 0.3) is 0 Å². The fourth-order valence-corrected chi connectivity index (χ4v) is 2.77. The van der Waals surface area contributed by atoms with Gasteiger partial charge in [-0.2, -0.15) is 10.1 Å². The lowest BCUT2D eigenvalue weighted by Crippen LogP contribution is -2.47. The first-order valence-electron chi connectivity index (χ1n) is 8.48. The summed E-state index contributed by atoms with van der Waals surface area (Å²) < 4.78 is 0. The molecule has 0 unspecified atom stereocenters. The molecule has 9 nitrogen and oxygen atoms in total. The van der Waals surface area contributed by atoms with E-state index in [1.54, 1.807) is 24.8 Å². The van der Waals surface area contributed by atoms with Crippen molar-refractivity contribution in [3.8, 4) is 0 Å². The fourth-order valence-electron chi connectivity index (χ4n) is 2.77. The number of hydrogen-bond acceptors (Lipinski definition) is 9. The molecule has 9 heteroatoms. The molecule has 4 rings (SSSR count). The van der Waals surface area contributed by atoms with Gasteiger partial charge in [0.15, 0.2) is 5.82 Å². The Bertz CT molecular complexity index is 820. The summed E-state index contributed by atoms with van der Waals surface area (Å²) >= 11 is 0. The van der Waals surface area contributed by atoms with Gasteiger partial charge in [0.1, 0.15) is 0 Å². The Morgan fingerprint density at radius 3 is 2.38 bits per heavy atom. The number of hydrogen-bond donors (Lipinski definition) is 1. The highest BCUT2D eigenvalue weighted by Gasteiger charge is 2.21. The number of nitrogens with zero attached hydrogens (tertiary/aromatic N) is 8. The van der Waals surface area contributed by atoms with Crippen molar-refractivity contribution in [3.05, 3.63) is 54.7 Å². The third kappa shape index (κ3) is 3.82. The molecule has 3 aromatic rings. The molecule has 1 saturated heterocycles. The van der Waals surface area contributed by atoms with E-state index in [-0.39, 0.29) is 0 Å². The molecular formula is C17H19N9. The van der Waals surface area contributed by atoms with Crippen molar-refractivity contribution >= 4 is 17.7 Å². The van der Waals surface area contributed by atoms with E-state index in [0.717, 1.165) is 37.7 Å². The SMILES string of the molecule is c1cnc(N2CCN(c3nncc(NCc4cccnc4)n3)CC2)nc1. The summed E-state index contributed by atoms with van der Waals surface area (Å²) in [6, 6.07) is 5.75. The van der Waals surface area contributed by atoms with Crippen LogP contribution in [0.1, 0.15) is 5.56 Å². The molecule has 132 valence electrons. The van der Waals surface area contributed by atoms with E-state index in [0.29, 0.717) is 18.3 Å². The second-order valence-electron chi connectivity index (χ2n) is 5.88. The molecule has 1 fully saturated rings. The van der Waals surface area contributed by atoms with Crippen molar-refractivity contribution in [3.63, 3.8) is 0 Å². The van der Waals surface area contributed by atoms with Crippen LogP contribution >= 0.6 is 0 Å². The van der Waals surface area contributed by atoms with Crippen LogP contribution in [0.3, 0.4) is 0 Å². The molecule has 0 atom stereocenters. The smallest absolute Gasteiger partial charge is 0.247 e. The topological polar surface area (TPSA) is 95.9 Å². The Balaban J connectivity index is 1.36. The lowest BCUT2D eigenvalue weighted by Gasteiger charge is -2.34. The molecule has 0 saturated carbocycles. The highest BCUT2D eigenvalue weighted by atomic mass is 15.4. The van der Waals surface area contributed by atoms with Crippen molar-refractivity contribution in [2.24, 2.45) is 0 Å². The van der Waals surface area contributed by atoms with Crippen LogP contribution in [0.2, 0.25) is 0 Å². The first-order chi connectivity index (χ1) is 12.9. The van der Waals surface area contributed by atoms with E-state index in [1.165, 1.54) is 0 Å². The molecule has 4 heterocycles. The maximum atomic E-state index is 4.58. The van der Waals surface area contributed by atoms with Crippen LogP contribution in [-0.4, -0.2) is 56.3 Å². The van der Waals surface area contributed by atoms with Crippen molar-refractivity contribution in [1.82, 2.24) is 30.1 Å². The molecule has 26 heavy (non-hydrogen) atoms. The molecule has 0 aliphatic carbocycles. The summed E-state index contributed by atoms with van der Waals surface area (Å²) in [4.78, 5) is 21.6. The number of piperazine rings is 1. The maximum Gasteiger partial charge on any atom is 0.247 e. The quantitative estimate of drug-likeness (QED) is 0.723. The lowest BCUT2D eigenvalue weighted by molar-refractivity contribution is 0.623. The van der Waals surface area contributed by atoms with Crippen molar-refractivity contribution in [1.29, 1.82) is 0 Å². The molecule has 1 aliphatic rings. The predicted octanol–water partition coefficient (Wildman–Crippen LogP) is 0.995. The Labute approximate surface area is 151 Å². The van der Waals surface area contributed by atoms with Crippen LogP contribution in [0.4, 0.5) is 17.7 Å². The zero-order valence-electron chi connectivity index (χ0n) is 14.2. The molecule has 1 aliphatic heterocycles. The Kier molecular flexibility index (Phi) is 4.77. The van der Waals surface area contributed by atoms with Crippen molar-refractivity contribution < 1.29 is 0 Å². The highest BCUT2D eigenvalue weighted by Crippen LogP contribution is 2.15. The number of anilines is 3. The van der Waals surface area contributed by atoms with Gasteiger partial charge in [0, 0.05) is 57.5 Å². The first kappa shape index (κ1) is 16.1. The van der Waals surface area contributed by atoms with Crippen LogP contribution in [0.5, 0.6) is 0 Å². The van der Waals surface area contributed by atoms with Crippen LogP contribution in [-0.2, 0) is 6.54 Å². The second-order valence-corrected chi connectivity index (χ2v) is 5.88. The summed E-state index contributed by atoms with van der Waals surface area (Å²) in [5, 5.41) is 11.5. The predicted molar refractivity (Wildman–Crippen MR) is 97.8 cm³/mol. The normalized spacial score (nSPS) is 14.3. The average molecular weight is 349 g/mol. The summed E-state index contributed by atoms with van der Waals surface area (Å²) in [6.07, 6.45) is 8.74. The van der Waals surface area contributed by atoms with E-state index < -0.39 is 0 Å². The van der Waals surface area contributed by atoms with Crippen LogP contribution < -0.4 is 15.1 Å². The van der Waals surface area contributed by atoms with Gasteiger partial charge >= 0.3 is 0 Å². The molecule has 0 amide bonds. The minimum atomic E-state index is 0.634. The van der Waals surface area contributed by atoms with E-state index in [1.807, 2.05) is 24.4 Å². The Hall–Kier alpha value is -3.36. The molecule has 0 aromatic carbocycles. The average Bonchev–Trinajstić information content (AvgIpc) is 2.74. The van der Waals surface area contributed by atoms with Gasteiger partial charge in [-0.25, -0.2) is 9.97 Å². The molecule has 0 radical (unpaired) electrons. The number of pyridine rings is 1. The highest BCUT2D eigenvalue weighted by molar-refractivity contribution is 5.41. The Morgan fingerprint density at radius 1 is 0.885 bits per heavy atom. The van der Waals surface area contributed by atoms with E-state index in [4.69, 9.17) is 0 Å². The zero-order chi connectivity index (χ0) is 17.6. The van der Waals surface area contributed by atoms with Crippen LogP contribution in [0.15, 0.2) is 49.2 Å². The minimum absolute atomic E-state index is 0.634. The largest absolute Gasteiger partial charge is 0.364 e. The number of nitrogens with one attached hydrogen (secondary N) is 1. The van der Waals surface area contributed by atoms with Gasteiger partial charge < -0.3 is 15.1 Å². The van der Waals surface area contributed by atoms with E-state index >= 15 is 0 Å². The van der Waals surface area contributed by atoms with Crippen molar-refractivity contribution in [2.45, 2.75) is 6.54 Å². The molecule has 1 N–H and O–H groups in total. The van der Waals surface area contributed by atoms with E-state index in [2.05, 4.69) is 45.2 Å². The molecule has 0 spiro atoms. The fraction of sp³-hybridized carbons (Fsp3) is 0.294. The van der Waals surface area contributed by atoms with Crippen molar-refractivity contribution in [2.75, 3.05) is 41.3 Å². The monoisotopic (exact) mass is 349 g/mol. The second kappa shape index (κ2) is 7.68. The van der Waals surface area contributed by atoms with Crippen LogP contribution in [0.25, 0.3) is 0 Å². The minimum Gasteiger partial charge on any atom is -0.364 e. The molecule has 0 bridgehead atoms. The van der Waals surface area contributed by atoms with Gasteiger partial charge in [-0.15, -0.1) is 5.10 Å². The van der Waals surface area contributed by atoms with E-state index in [9.17, 15) is 0 Å². The zero-order valence-corrected chi connectivity index (χ0v) is 14.2. The third-order valence-corrected chi connectivity index (χ3v) is 4.14. The van der Waals surface area contributed by atoms with Gasteiger partial charge in [-0.1, -0.05) is 6.07 Å². The summed E-state index contributed by atoms with van der Waals surface area (Å²) in [5.41, 5.74) is 1.09. The third-order valence-electron chi connectivity index (χ3n) is 4.14. The Morgan fingerprint density at radius 2 is 1.65 bits per heavy atom. The number of aromatic nitrogens is 6. The van der Waals surface area contributed by atoms with Gasteiger partial charge in [0.2, 0.25) is 11.9 Å². The molecule has 3 aromatic heterocycles. The van der Waals surface area contributed by atoms with Crippen LogP contribution in [0, 0.1) is 0 Å². The maximum absolute atomic E-state index is 4.58. The molecular weight excluding hydrogens is 330 g/mol. The van der Waals surface area contributed by atoms with Gasteiger partial charge in [-0.05, 0) is 17.7 Å². The van der Waals surface area contributed by atoms with Gasteiger partial charge in [-0.3, -0.25) is 4.98 Å². The summed E-state index contributed by atoms with van der Waals surface area (Å²) in [6.45, 7) is 3.88. The first-order valence-corrected chi connectivity index (χ1v) is 8.48. The standard InChI is InChI=1S/C17H19N9/c1-3-14(11-18-4-1)12-21-15-13-22-24-17(23-15)26-9-7-25(8-10-26)16-19-5-2-6-20-16/h1-6,11,13H,7-10,12H2,(H,21,23,24). The summed E-state index contributed by atoms with van der Waals surface area (Å²) in [7, 11) is 0. The number of rotatable bonds is 5. The van der Waals surface area contributed by atoms with Gasteiger partial charge in [0.05, 0.1) is 6.20 Å².